The molecule has 3 aromatic carbocycles. The molecule has 0 spiro atoms. The van der Waals surface area contributed by atoms with Crippen molar-refractivity contribution in [1.82, 2.24) is 5.32 Å². The van der Waals surface area contributed by atoms with Crippen LogP contribution in [0.3, 0.4) is 0 Å². The lowest BCUT2D eigenvalue weighted by atomic mass is 10.0. The zero-order chi connectivity index (χ0) is 26.5. The van der Waals surface area contributed by atoms with E-state index < -0.39 is 17.8 Å². The molecule has 4 amide bonds. The molecule has 9 heteroatoms. The Hall–Kier alpha value is -3.98. The highest BCUT2D eigenvalue weighted by molar-refractivity contribution is 9.10. The van der Waals surface area contributed by atoms with Gasteiger partial charge in [-0.3, -0.25) is 14.9 Å². The SMILES string of the molecule is CCOc1cc(/C=C2/C(=O)NC(=O)N(c3ccccc3CC)C2=O)cc(Br)c1OCc1ccc(F)cc1. The molecule has 1 heterocycles. The number of rotatable bonds is 8. The van der Waals surface area contributed by atoms with Crippen LogP contribution >= 0.6 is 15.9 Å². The first-order valence-corrected chi connectivity index (χ1v) is 12.4. The number of barbiturate groups is 1. The van der Waals surface area contributed by atoms with Crippen LogP contribution in [0, 0.1) is 5.82 Å². The van der Waals surface area contributed by atoms with E-state index in [9.17, 15) is 18.8 Å². The van der Waals surface area contributed by atoms with Crippen molar-refractivity contribution in [2.45, 2.75) is 26.9 Å². The molecular weight excluding hydrogens is 543 g/mol. The summed E-state index contributed by atoms with van der Waals surface area (Å²) < 4.78 is 25.4. The van der Waals surface area contributed by atoms with E-state index in [1.165, 1.54) is 18.2 Å². The molecule has 1 fully saturated rings. The van der Waals surface area contributed by atoms with Gasteiger partial charge in [0.1, 0.15) is 18.0 Å². The first-order valence-electron chi connectivity index (χ1n) is 11.6. The third-order valence-electron chi connectivity index (χ3n) is 5.65. The second-order valence-corrected chi connectivity index (χ2v) is 8.97. The number of carbonyl (C=O) groups is 3. The fourth-order valence-electron chi connectivity index (χ4n) is 3.88. The maximum Gasteiger partial charge on any atom is 0.335 e. The number of ether oxygens (including phenoxy) is 2. The third-order valence-corrected chi connectivity index (χ3v) is 6.24. The molecule has 0 bridgehead atoms. The average Bonchev–Trinajstić information content (AvgIpc) is 2.87. The van der Waals surface area contributed by atoms with Gasteiger partial charge < -0.3 is 9.47 Å². The Labute approximate surface area is 222 Å². The van der Waals surface area contributed by atoms with Crippen molar-refractivity contribution >= 4 is 45.5 Å². The van der Waals surface area contributed by atoms with Crippen molar-refractivity contribution in [3.05, 3.63) is 93.2 Å². The third kappa shape index (κ3) is 5.72. The Balaban J connectivity index is 1.67. The van der Waals surface area contributed by atoms with Crippen LogP contribution in [-0.4, -0.2) is 24.5 Å². The summed E-state index contributed by atoms with van der Waals surface area (Å²) in [7, 11) is 0. The maximum atomic E-state index is 13.3. The van der Waals surface area contributed by atoms with Gasteiger partial charge >= 0.3 is 6.03 Å². The molecule has 3 aromatic rings. The molecule has 0 saturated carbocycles. The first-order chi connectivity index (χ1) is 17.8. The van der Waals surface area contributed by atoms with Crippen LogP contribution in [0.4, 0.5) is 14.9 Å². The smallest absolute Gasteiger partial charge is 0.335 e. The quantitative estimate of drug-likeness (QED) is 0.275. The summed E-state index contributed by atoms with van der Waals surface area (Å²) in [5.41, 5.74) is 2.28. The van der Waals surface area contributed by atoms with Crippen LogP contribution in [-0.2, 0) is 22.6 Å². The standard InChI is InChI=1S/C28H24BrFN2O5/c1-3-19-7-5-6-8-23(19)32-27(34)21(26(33)31-28(32)35)13-18-14-22(29)25(24(15-18)36-4-2)37-16-17-9-11-20(30)12-10-17/h5-15H,3-4,16H2,1-2H3,(H,31,33,35)/b21-13-. The number of halogens is 2. The van der Waals surface area contributed by atoms with Gasteiger partial charge in [0.15, 0.2) is 11.5 Å². The van der Waals surface area contributed by atoms with Gasteiger partial charge in [-0.25, -0.2) is 14.1 Å². The number of imide groups is 2. The molecule has 0 unspecified atom stereocenters. The van der Waals surface area contributed by atoms with E-state index in [-0.39, 0.29) is 18.0 Å². The van der Waals surface area contributed by atoms with Crippen LogP contribution in [0.25, 0.3) is 6.08 Å². The minimum Gasteiger partial charge on any atom is -0.490 e. The minimum absolute atomic E-state index is 0.175. The lowest BCUT2D eigenvalue weighted by molar-refractivity contribution is -0.122. The molecule has 37 heavy (non-hydrogen) atoms. The molecule has 1 aliphatic heterocycles. The van der Waals surface area contributed by atoms with Gasteiger partial charge in [0, 0.05) is 0 Å². The van der Waals surface area contributed by atoms with E-state index in [0.717, 1.165) is 16.0 Å². The number of carbonyl (C=O) groups excluding carboxylic acids is 3. The molecule has 0 aliphatic carbocycles. The number of benzene rings is 3. The maximum absolute atomic E-state index is 13.3. The fraction of sp³-hybridized carbons (Fsp3) is 0.179. The summed E-state index contributed by atoms with van der Waals surface area (Å²) in [6.45, 7) is 4.25. The van der Waals surface area contributed by atoms with E-state index in [4.69, 9.17) is 9.47 Å². The van der Waals surface area contributed by atoms with Crippen molar-refractivity contribution in [2.24, 2.45) is 0 Å². The van der Waals surface area contributed by atoms with Crippen molar-refractivity contribution in [3.63, 3.8) is 0 Å². The summed E-state index contributed by atoms with van der Waals surface area (Å²) in [6, 6.07) is 15.5. The van der Waals surface area contributed by atoms with E-state index in [1.807, 2.05) is 26.0 Å². The fourth-order valence-corrected chi connectivity index (χ4v) is 4.46. The first kappa shape index (κ1) is 26.1. The zero-order valence-electron chi connectivity index (χ0n) is 20.2. The van der Waals surface area contributed by atoms with E-state index >= 15 is 0 Å². The monoisotopic (exact) mass is 566 g/mol. The predicted octanol–water partition coefficient (Wildman–Crippen LogP) is 5.79. The summed E-state index contributed by atoms with van der Waals surface area (Å²) >= 11 is 3.48. The van der Waals surface area contributed by atoms with E-state index in [1.54, 1.807) is 36.4 Å². The van der Waals surface area contributed by atoms with Crippen molar-refractivity contribution < 1.29 is 28.2 Å². The van der Waals surface area contributed by atoms with Crippen molar-refractivity contribution in [3.8, 4) is 11.5 Å². The van der Waals surface area contributed by atoms with Gasteiger partial charge in [-0.1, -0.05) is 37.3 Å². The Bertz CT molecular complexity index is 1390. The number of nitrogens with zero attached hydrogens (tertiary/aromatic N) is 1. The highest BCUT2D eigenvalue weighted by atomic mass is 79.9. The number of hydrogen-bond donors (Lipinski definition) is 1. The average molecular weight is 567 g/mol. The highest BCUT2D eigenvalue weighted by Gasteiger charge is 2.37. The Morgan fingerprint density at radius 2 is 1.73 bits per heavy atom. The Morgan fingerprint density at radius 1 is 1.00 bits per heavy atom. The topological polar surface area (TPSA) is 84.9 Å². The molecule has 4 rings (SSSR count). The summed E-state index contributed by atoms with van der Waals surface area (Å²) in [5.74, 6) is -1.04. The number of hydrogen-bond acceptors (Lipinski definition) is 5. The zero-order valence-corrected chi connectivity index (χ0v) is 21.8. The molecule has 7 nitrogen and oxygen atoms in total. The summed E-state index contributed by atoms with van der Waals surface area (Å²) in [5, 5.41) is 2.25. The Kier molecular flexibility index (Phi) is 8.03. The van der Waals surface area contributed by atoms with Crippen molar-refractivity contribution in [2.75, 3.05) is 11.5 Å². The van der Waals surface area contributed by atoms with Gasteiger partial charge in [-0.05, 0) is 82.4 Å². The van der Waals surface area contributed by atoms with Crippen LogP contribution in [0.2, 0.25) is 0 Å². The normalized spacial score (nSPS) is 14.6. The van der Waals surface area contributed by atoms with Gasteiger partial charge in [-0.15, -0.1) is 0 Å². The van der Waals surface area contributed by atoms with Gasteiger partial charge in [0.2, 0.25) is 0 Å². The molecular formula is C28H24BrFN2O5. The van der Waals surface area contributed by atoms with Gasteiger partial charge in [-0.2, -0.15) is 0 Å². The number of amides is 4. The summed E-state index contributed by atoms with van der Waals surface area (Å²) in [6.07, 6.45) is 2.01. The summed E-state index contributed by atoms with van der Waals surface area (Å²) in [4.78, 5) is 39.6. The van der Waals surface area contributed by atoms with Crippen LogP contribution < -0.4 is 19.7 Å². The van der Waals surface area contributed by atoms with Crippen LogP contribution in [0.1, 0.15) is 30.5 Å². The van der Waals surface area contributed by atoms with Gasteiger partial charge in [0.05, 0.1) is 16.8 Å². The number of para-hydroxylation sites is 1. The highest BCUT2D eigenvalue weighted by Crippen LogP contribution is 2.38. The Morgan fingerprint density at radius 3 is 2.43 bits per heavy atom. The van der Waals surface area contributed by atoms with Gasteiger partial charge in [0.25, 0.3) is 11.8 Å². The molecule has 0 radical (unpaired) electrons. The lowest BCUT2D eigenvalue weighted by Crippen LogP contribution is -2.54. The largest absolute Gasteiger partial charge is 0.490 e. The second kappa shape index (κ2) is 11.4. The molecule has 1 saturated heterocycles. The van der Waals surface area contributed by atoms with E-state index in [0.29, 0.717) is 40.3 Å². The molecule has 190 valence electrons. The molecule has 1 N–H and O–H groups in total. The molecule has 1 aliphatic rings. The minimum atomic E-state index is -0.797. The number of aryl methyl sites for hydroxylation is 1. The second-order valence-electron chi connectivity index (χ2n) is 8.12. The lowest BCUT2D eigenvalue weighted by Gasteiger charge is -2.28. The number of urea groups is 1. The van der Waals surface area contributed by atoms with Crippen molar-refractivity contribution in [1.29, 1.82) is 0 Å². The van der Waals surface area contributed by atoms with Crippen LogP contribution in [0.5, 0.6) is 11.5 Å². The van der Waals surface area contributed by atoms with Crippen LogP contribution in [0.15, 0.2) is 70.7 Å². The predicted molar refractivity (Wildman–Crippen MR) is 141 cm³/mol. The molecule has 0 atom stereocenters. The number of nitrogens with one attached hydrogen (secondary N) is 1. The van der Waals surface area contributed by atoms with E-state index in [2.05, 4.69) is 21.2 Å². The number of anilines is 1. The molecule has 0 aromatic heterocycles.